The summed E-state index contributed by atoms with van der Waals surface area (Å²) in [4.78, 5) is 13.5. The van der Waals surface area contributed by atoms with Gasteiger partial charge in [0.25, 0.3) is 0 Å². The molecule has 1 saturated heterocycles. The van der Waals surface area contributed by atoms with Gasteiger partial charge in [0.1, 0.15) is 0 Å². The van der Waals surface area contributed by atoms with Crippen LogP contribution in [0, 0.1) is 13.8 Å². The lowest BCUT2D eigenvalue weighted by Crippen LogP contribution is -2.24. The highest BCUT2D eigenvalue weighted by Gasteiger charge is 2.28. The summed E-state index contributed by atoms with van der Waals surface area (Å²) in [7, 11) is 0. The van der Waals surface area contributed by atoms with Gasteiger partial charge >= 0.3 is 0 Å². The first kappa shape index (κ1) is 10.6. The fraction of sp³-hybridized carbons (Fsp3) is 0.417. The highest BCUT2D eigenvalue weighted by atomic mass is 32.1. The SMILES string of the molecule is Cc1ccc(N2CC(S)CC2=O)cc1C. The molecule has 1 aromatic rings. The number of hydrogen-bond donors (Lipinski definition) is 1. The molecule has 0 aromatic heterocycles. The third-order valence-corrected chi connectivity index (χ3v) is 3.25. The van der Waals surface area contributed by atoms with E-state index in [0.717, 1.165) is 12.2 Å². The van der Waals surface area contributed by atoms with Crippen molar-refractivity contribution in [3.8, 4) is 0 Å². The smallest absolute Gasteiger partial charge is 0.228 e. The van der Waals surface area contributed by atoms with E-state index in [4.69, 9.17) is 0 Å². The van der Waals surface area contributed by atoms with Crippen LogP contribution in [0.5, 0.6) is 0 Å². The second kappa shape index (κ2) is 3.89. The molecule has 0 spiro atoms. The Morgan fingerprint density at radius 3 is 2.60 bits per heavy atom. The number of carbonyl (C=O) groups excluding carboxylic acids is 1. The molecule has 0 saturated carbocycles. The number of rotatable bonds is 1. The molecule has 0 bridgehead atoms. The van der Waals surface area contributed by atoms with Crippen LogP contribution >= 0.6 is 12.6 Å². The molecule has 1 unspecified atom stereocenters. The number of benzene rings is 1. The Bertz CT molecular complexity index is 403. The van der Waals surface area contributed by atoms with E-state index in [1.54, 1.807) is 0 Å². The fourth-order valence-electron chi connectivity index (χ4n) is 1.83. The molecule has 1 amide bonds. The molecule has 0 aliphatic carbocycles. The summed E-state index contributed by atoms with van der Waals surface area (Å²) < 4.78 is 0. The molecule has 1 atom stereocenters. The molecule has 15 heavy (non-hydrogen) atoms. The maximum atomic E-state index is 11.7. The molecule has 0 radical (unpaired) electrons. The molecule has 1 aromatic carbocycles. The molecule has 2 nitrogen and oxygen atoms in total. The van der Waals surface area contributed by atoms with Crippen LogP contribution in [-0.2, 0) is 4.79 Å². The standard InChI is InChI=1S/C12H15NOS/c1-8-3-4-10(5-9(8)2)13-7-11(15)6-12(13)14/h3-5,11,15H,6-7H2,1-2H3. The van der Waals surface area contributed by atoms with Crippen molar-refractivity contribution in [2.24, 2.45) is 0 Å². The molecule has 3 heteroatoms. The van der Waals surface area contributed by atoms with Gasteiger partial charge in [0.15, 0.2) is 0 Å². The minimum Gasteiger partial charge on any atom is -0.311 e. The van der Waals surface area contributed by atoms with Gasteiger partial charge in [-0.15, -0.1) is 0 Å². The van der Waals surface area contributed by atoms with Gasteiger partial charge in [0.2, 0.25) is 5.91 Å². The zero-order valence-corrected chi connectivity index (χ0v) is 9.92. The average Bonchev–Trinajstić information content (AvgIpc) is 2.50. The van der Waals surface area contributed by atoms with Gasteiger partial charge in [-0.25, -0.2) is 0 Å². The van der Waals surface area contributed by atoms with Crippen LogP contribution in [0.3, 0.4) is 0 Å². The first-order valence-corrected chi connectivity index (χ1v) is 5.65. The third-order valence-electron chi connectivity index (χ3n) is 2.91. The lowest BCUT2D eigenvalue weighted by Gasteiger charge is -2.17. The number of amides is 1. The monoisotopic (exact) mass is 221 g/mol. The highest BCUT2D eigenvalue weighted by molar-refractivity contribution is 7.81. The summed E-state index contributed by atoms with van der Waals surface area (Å²) in [6.07, 6.45) is 0.552. The van der Waals surface area contributed by atoms with Crippen molar-refractivity contribution in [2.75, 3.05) is 11.4 Å². The van der Waals surface area contributed by atoms with Crippen LogP contribution in [0.4, 0.5) is 5.69 Å². The van der Waals surface area contributed by atoms with Crippen LogP contribution in [-0.4, -0.2) is 17.7 Å². The Morgan fingerprint density at radius 1 is 1.33 bits per heavy atom. The average molecular weight is 221 g/mol. The minimum atomic E-state index is 0.179. The van der Waals surface area contributed by atoms with Crippen LogP contribution in [0.25, 0.3) is 0 Å². The molecule has 1 aliphatic heterocycles. The van der Waals surface area contributed by atoms with Crippen LogP contribution in [0.15, 0.2) is 18.2 Å². The Labute approximate surface area is 95.7 Å². The minimum absolute atomic E-state index is 0.179. The predicted molar refractivity (Wildman–Crippen MR) is 65.7 cm³/mol. The van der Waals surface area contributed by atoms with Gasteiger partial charge in [-0.2, -0.15) is 12.6 Å². The van der Waals surface area contributed by atoms with E-state index >= 15 is 0 Å². The van der Waals surface area contributed by atoms with Gasteiger partial charge in [0.05, 0.1) is 0 Å². The first-order chi connectivity index (χ1) is 7.08. The zero-order chi connectivity index (χ0) is 11.0. The van der Waals surface area contributed by atoms with Crippen LogP contribution < -0.4 is 4.90 Å². The second-order valence-electron chi connectivity index (χ2n) is 4.13. The van der Waals surface area contributed by atoms with Gasteiger partial charge in [-0.1, -0.05) is 6.07 Å². The Kier molecular flexibility index (Phi) is 2.74. The van der Waals surface area contributed by atoms with E-state index in [-0.39, 0.29) is 11.2 Å². The quantitative estimate of drug-likeness (QED) is 0.722. The number of thiol groups is 1. The first-order valence-electron chi connectivity index (χ1n) is 5.13. The van der Waals surface area contributed by atoms with E-state index < -0.39 is 0 Å². The summed E-state index contributed by atoms with van der Waals surface area (Å²) in [5, 5.41) is 0.180. The maximum absolute atomic E-state index is 11.7. The lowest BCUT2D eigenvalue weighted by atomic mass is 10.1. The summed E-state index contributed by atoms with van der Waals surface area (Å²) in [6.45, 7) is 4.87. The van der Waals surface area contributed by atoms with E-state index in [2.05, 4.69) is 38.6 Å². The van der Waals surface area contributed by atoms with E-state index in [1.807, 2.05) is 11.0 Å². The van der Waals surface area contributed by atoms with E-state index in [1.165, 1.54) is 11.1 Å². The van der Waals surface area contributed by atoms with Crippen molar-refractivity contribution >= 4 is 24.2 Å². The largest absolute Gasteiger partial charge is 0.311 e. The van der Waals surface area contributed by atoms with Crippen molar-refractivity contribution in [3.63, 3.8) is 0 Å². The summed E-state index contributed by atoms with van der Waals surface area (Å²) in [5.74, 6) is 0.179. The lowest BCUT2D eigenvalue weighted by molar-refractivity contribution is -0.117. The van der Waals surface area contributed by atoms with Gasteiger partial charge < -0.3 is 4.90 Å². The number of aryl methyl sites for hydroxylation is 2. The maximum Gasteiger partial charge on any atom is 0.228 e. The summed E-state index contributed by atoms with van der Waals surface area (Å²) >= 11 is 4.34. The number of anilines is 1. The highest BCUT2D eigenvalue weighted by Crippen LogP contribution is 2.25. The normalized spacial score (nSPS) is 21.1. The molecular formula is C12H15NOS. The molecule has 1 fully saturated rings. The van der Waals surface area contributed by atoms with Gasteiger partial charge in [-0.3, -0.25) is 4.79 Å². The summed E-state index contributed by atoms with van der Waals surface area (Å²) in [6, 6.07) is 6.13. The zero-order valence-electron chi connectivity index (χ0n) is 9.03. The van der Waals surface area contributed by atoms with E-state index in [0.29, 0.717) is 6.42 Å². The number of carbonyl (C=O) groups is 1. The molecule has 0 N–H and O–H groups in total. The van der Waals surface area contributed by atoms with Crippen molar-refractivity contribution in [1.82, 2.24) is 0 Å². The molecule has 2 rings (SSSR count). The number of nitrogens with zero attached hydrogens (tertiary/aromatic N) is 1. The Hall–Kier alpha value is -0.960. The second-order valence-corrected chi connectivity index (χ2v) is 4.86. The Morgan fingerprint density at radius 2 is 2.07 bits per heavy atom. The summed E-state index contributed by atoms with van der Waals surface area (Å²) in [5.41, 5.74) is 3.48. The molecule has 80 valence electrons. The fourth-order valence-corrected chi connectivity index (χ4v) is 2.15. The Balaban J connectivity index is 2.30. The molecular weight excluding hydrogens is 206 g/mol. The van der Waals surface area contributed by atoms with Crippen molar-refractivity contribution in [3.05, 3.63) is 29.3 Å². The van der Waals surface area contributed by atoms with Crippen molar-refractivity contribution < 1.29 is 4.79 Å². The van der Waals surface area contributed by atoms with Crippen molar-refractivity contribution in [1.29, 1.82) is 0 Å². The number of hydrogen-bond acceptors (Lipinski definition) is 2. The van der Waals surface area contributed by atoms with Gasteiger partial charge in [-0.05, 0) is 37.1 Å². The topological polar surface area (TPSA) is 20.3 Å². The van der Waals surface area contributed by atoms with Crippen LogP contribution in [0.2, 0.25) is 0 Å². The van der Waals surface area contributed by atoms with E-state index in [9.17, 15) is 4.79 Å². The van der Waals surface area contributed by atoms with Gasteiger partial charge in [0, 0.05) is 23.9 Å². The third kappa shape index (κ3) is 2.02. The molecule has 1 heterocycles. The van der Waals surface area contributed by atoms with Crippen LogP contribution in [0.1, 0.15) is 17.5 Å². The van der Waals surface area contributed by atoms with Crippen molar-refractivity contribution in [2.45, 2.75) is 25.5 Å². The predicted octanol–water partition coefficient (Wildman–Crippen LogP) is 2.34. The molecule has 1 aliphatic rings.